The average Bonchev–Trinajstić information content (AvgIpc) is 2.28. The summed E-state index contributed by atoms with van der Waals surface area (Å²) < 4.78 is 10.2. The predicted octanol–water partition coefficient (Wildman–Crippen LogP) is 2.04. The normalized spacial score (nSPS) is 9.47. The Bertz CT molecular complexity index is 467. The summed E-state index contributed by atoms with van der Waals surface area (Å²) in [5.41, 5.74) is 0.754. The Morgan fingerprint density at radius 2 is 2.24 bits per heavy atom. The molecule has 17 heavy (non-hydrogen) atoms. The fourth-order valence-corrected chi connectivity index (χ4v) is 1.80. The first-order chi connectivity index (χ1) is 8.08. The number of thiocyanates is 1. The molecule has 0 aliphatic heterocycles. The Morgan fingerprint density at radius 3 is 2.76 bits per heavy atom. The number of aliphatic carboxylic acids is 1. The molecule has 0 radical (unpaired) electrons. The van der Waals surface area contributed by atoms with Crippen molar-refractivity contribution in [3.8, 4) is 16.9 Å². The van der Waals surface area contributed by atoms with Gasteiger partial charge in [0.25, 0.3) is 0 Å². The van der Waals surface area contributed by atoms with Crippen molar-refractivity contribution >= 4 is 17.7 Å². The number of carbonyl (C=O) groups is 1. The molecule has 1 aromatic carbocycles. The zero-order valence-corrected chi connectivity index (χ0v) is 10.2. The maximum absolute atomic E-state index is 10.4. The summed E-state index contributed by atoms with van der Waals surface area (Å²) in [7, 11) is 1.48. The lowest BCUT2D eigenvalue weighted by atomic mass is 10.2. The number of benzene rings is 1. The molecule has 0 bridgehead atoms. The standard InChI is InChI=1S/C11H11NO4S/c1-7-3-10(17-6-12)9(15-2)4-8(7)16-5-11(13)14/h3-4H,5H2,1-2H3,(H,13,14). The molecule has 5 nitrogen and oxygen atoms in total. The molecule has 0 atom stereocenters. The predicted molar refractivity (Wildman–Crippen MR) is 62.3 cm³/mol. The van der Waals surface area contributed by atoms with Crippen molar-refractivity contribution < 1.29 is 19.4 Å². The van der Waals surface area contributed by atoms with Crippen LogP contribution in [0.4, 0.5) is 0 Å². The van der Waals surface area contributed by atoms with E-state index in [1.807, 2.05) is 5.40 Å². The van der Waals surface area contributed by atoms with E-state index in [1.54, 1.807) is 19.1 Å². The zero-order chi connectivity index (χ0) is 12.8. The second-order valence-corrected chi connectivity index (χ2v) is 3.97. The number of aryl methyl sites for hydroxylation is 1. The van der Waals surface area contributed by atoms with Gasteiger partial charge in [-0.05, 0) is 30.3 Å². The van der Waals surface area contributed by atoms with Crippen molar-refractivity contribution in [1.29, 1.82) is 5.26 Å². The maximum Gasteiger partial charge on any atom is 0.341 e. The highest BCUT2D eigenvalue weighted by Gasteiger charge is 2.10. The number of methoxy groups -OCH3 is 1. The van der Waals surface area contributed by atoms with Gasteiger partial charge in [0.05, 0.1) is 12.0 Å². The fraction of sp³-hybridized carbons (Fsp3) is 0.273. The summed E-state index contributed by atoms with van der Waals surface area (Å²) in [6, 6.07) is 3.31. The Hall–Kier alpha value is -1.87. The minimum Gasteiger partial charge on any atom is -0.495 e. The topological polar surface area (TPSA) is 79.6 Å². The Kier molecular flexibility index (Phi) is 4.67. The fourth-order valence-electron chi connectivity index (χ4n) is 1.23. The second kappa shape index (κ2) is 6.01. The van der Waals surface area contributed by atoms with Crippen molar-refractivity contribution in [2.75, 3.05) is 13.7 Å². The first kappa shape index (κ1) is 13.2. The van der Waals surface area contributed by atoms with E-state index in [9.17, 15) is 4.79 Å². The highest BCUT2D eigenvalue weighted by atomic mass is 32.2. The molecule has 6 heteroatoms. The van der Waals surface area contributed by atoms with E-state index in [4.69, 9.17) is 19.8 Å². The van der Waals surface area contributed by atoms with E-state index >= 15 is 0 Å². The van der Waals surface area contributed by atoms with Gasteiger partial charge in [0.15, 0.2) is 6.61 Å². The van der Waals surface area contributed by atoms with Gasteiger partial charge in [0.1, 0.15) is 16.9 Å². The quantitative estimate of drug-likeness (QED) is 0.639. The van der Waals surface area contributed by atoms with Gasteiger partial charge in [0, 0.05) is 6.07 Å². The lowest BCUT2D eigenvalue weighted by molar-refractivity contribution is -0.139. The van der Waals surface area contributed by atoms with Crippen molar-refractivity contribution in [3.05, 3.63) is 17.7 Å². The molecule has 0 heterocycles. The molecule has 0 amide bonds. The Morgan fingerprint density at radius 1 is 1.53 bits per heavy atom. The van der Waals surface area contributed by atoms with Gasteiger partial charge < -0.3 is 14.6 Å². The van der Waals surface area contributed by atoms with Crippen molar-refractivity contribution in [1.82, 2.24) is 0 Å². The smallest absolute Gasteiger partial charge is 0.341 e. The van der Waals surface area contributed by atoms with Crippen LogP contribution in [-0.4, -0.2) is 24.8 Å². The average molecular weight is 253 g/mol. The van der Waals surface area contributed by atoms with Crippen molar-refractivity contribution in [3.63, 3.8) is 0 Å². The largest absolute Gasteiger partial charge is 0.495 e. The van der Waals surface area contributed by atoms with E-state index in [2.05, 4.69) is 0 Å². The van der Waals surface area contributed by atoms with Crippen LogP contribution >= 0.6 is 11.8 Å². The Labute approximate surface area is 103 Å². The Balaban J connectivity index is 3.00. The molecule has 1 N–H and O–H groups in total. The van der Waals surface area contributed by atoms with Crippen LogP contribution in [0.1, 0.15) is 5.56 Å². The van der Waals surface area contributed by atoms with Crippen LogP contribution in [0.3, 0.4) is 0 Å². The van der Waals surface area contributed by atoms with Crippen LogP contribution < -0.4 is 9.47 Å². The monoisotopic (exact) mass is 253 g/mol. The van der Waals surface area contributed by atoms with Crippen LogP contribution in [0.25, 0.3) is 0 Å². The van der Waals surface area contributed by atoms with Crippen LogP contribution in [0.15, 0.2) is 17.0 Å². The van der Waals surface area contributed by atoms with Gasteiger partial charge in [-0.3, -0.25) is 0 Å². The maximum atomic E-state index is 10.4. The SMILES string of the molecule is COc1cc(OCC(=O)O)c(C)cc1SC#N. The molecular weight excluding hydrogens is 242 g/mol. The third-order valence-electron chi connectivity index (χ3n) is 1.97. The highest BCUT2D eigenvalue weighted by molar-refractivity contribution is 8.03. The van der Waals surface area contributed by atoms with E-state index in [1.165, 1.54) is 7.11 Å². The minimum atomic E-state index is -1.04. The number of ether oxygens (including phenoxy) is 2. The molecule has 0 spiro atoms. The molecule has 0 aliphatic rings. The minimum absolute atomic E-state index is 0.408. The van der Waals surface area contributed by atoms with Crippen LogP contribution in [-0.2, 0) is 4.79 Å². The lowest BCUT2D eigenvalue weighted by Gasteiger charge is -2.11. The number of rotatable bonds is 5. The van der Waals surface area contributed by atoms with Crippen molar-refractivity contribution in [2.45, 2.75) is 11.8 Å². The number of hydrogen-bond donors (Lipinski definition) is 1. The van der Waals surface area contributed by atoms with E-state index in [-0.39, 0.29) is 0 Å². The van der Waals surface area contributed by atoms with E-state index < -0.39 is 12.6 Å². The molecule has 0 saturated carbocycles. The second-order valence-electron chi connectivity index (χ2n) is 3.14. The molecular formula is C11H11NO4S. The third kappa shape index (κ3) is 3.57. The summed E-state index contributed by atoms with van der Waals surface area (Å²) in [4.78, 5) is 11.1. The van der Waals surface area contributed by atoms with Gasteiger partial charge in [0.2, 0.25) is 0 Å². The number of hydrogen-bond acceptors (Lipinski definition) is 5. The number of nitriles is 1. The van der Waals surface area contributed by atoms with Gasteiger partial charge in [-0.15, -0.1) is 0 Å². The van der Waals surface area contributed by atoms with E-state index in [0.717, 1.165) is 17.3 Å². The lowest BCUT2D eigenvalue weighted by Crippen LogP contribution is -2.10. The van der Waals surface area contributed by atoms with Crippen LogP contribution in [0, 0.1) is 17.6 Å². The number of nitrogens with zero attached hydrogens (tertiary/aromatic N) is 1. The highest BCUT2D eigenvalue weighted by Crippen LogP contribution is 2.34. The van der Waals surface area contributed by atoms with Gasteiger partial charge in [-0.1, -0.05) is 0 Å². The molecule has 1 aromatic rings. The first-order valence-electron chi connectivity index (χ1n) is 4.67. The molecule has 0 aromatic heterocycles. The van der Waals surface area contributed by atoms with Crippen LogP contribution in [0.5, 0.6) is 11.5 Å². The summed E-state index contributed by atoms with van der Waals surface area (Å²) in [5, 5.41) is 19.1. The van der Waals surface area contributed by atoms with Crippen LogP contribution in [0.2, 0.25) is 0 Å². The van der Waals surface area contributed by atoms with Gasteiger partial charge in [-0.2, -0.15) is 5.26 Å². The third-order valence-corrected chi connectivity index (χ3v) is 2.60. The molecule has 1 rings (SSSR count). The first-order valence-corrected chi connectivity index (χ1v) is 5.49. The summed E-state index contributed by atoms with van der Waals surface area (Å²) in [6.07, 6.45) is 0. The van der Waals surface area contributed by atoms with Gasteiger partial charge >= 0.3 is 5.97 Å². The zero-order valence-electron chi connectivity index (χ0n) is 9.39. The summed E-state index contributed by atoms with van der Waals surface area (Å²) >= 11 is 0.982. The van der Waals surface area contributed by atoms with Gasteiger partial charge in [-0.25, -0.2) is 4.79 Å². The molecule has 0 aliphatic carbocycles. The molecule has 0 saturated heterocycles. The number of carboxylic acids is 1. The van der Waals surface area contributed by atoms with E-state index in [0.29, 0.717) is 16.4 Å². The molecule has 90 valence electrons. The van der Waals surface area contributed by atoms with Crippen molar-refractivity contribution in [2.24, 2.45) is 0 Å². The molecule has 0 fully saturated rings. The summed E-state index contributed by atoms with van der Waals surface area (Å²) in [5.74, 6) is -0.118. The number of thioether (sulfide) groups is 1. The summed E-state index contributed by atoms with van der Waals surface area (Å²) in [6.45, 7) is 1.37. The number of carboxylic acid groups (broad SMARTS) is 1. The molecule has 0 unspecified atom stereocenters.